The quantitative estimate of drug-likeness (QED) is 0.208. The molecule has 1 N–H and O–H groups in total. The van der Waals surface area contributed by atoms with Crippen molar-refractivity contribution in [2.45, 2.75) is 76.9 Å². The maximum Gasteiger partial charge on any atom is 0.261 e. The molecule has 0 bridgehead atoms. The number of carbonyl (C=O) groups excluding carboxylic acids is 3. The number of likely N-dealkylation sites (tertiary alicyclic amines) is 1. The Bertz CT molecular complexity index is 1580. The highest BCUT2D eigenvalue weighted by Crippen LogP contribution is 2.29. The van der Waals surface area contributed by atoms with Gasteiger partial charge in [-0.05, 0) is 86.9 Å². The Morgan fingerprint density at radius 3 is 2.51 bits per heavy atom. The van der Waals surface area contributed by atoms with Crippen LogP contribution < -0.4 is 10.5 Å². The molecule has 5 rings (SSSR count). The van der Waals surface area contributed by atoms with Crippen LogP contribution in [0.2, 0.25) is 0 Å². The van der Waals surface area contributed by atoms with Gasteiger partial charge in [0.15, 0.2) is 5.78 Å². The maximum absolute atomic E-state index is 12.9. The number of aryl methyl sites for hydroxylation is 2. The van der Waals surface area contributed by atoms with E-state index in [0.29, 0.717) is 74.6 Å². The molecule has 9 nitrogen and oxygen atoms in total. The maximum atomic E-state index is 12.9. The second-order valence-electron chi connectivity index (χ2n) is 11.9. The van der Waals surface area contributed by atoms with Gasteiger partial charge in [0.2, 0.25) is 11.8 Å². The average molecular weight is 607 g/mol. The number of anilines is 1. The third-order valence-electron chi connectivity index (χ3n) is 8.72. The molecule has 1 saturated heterocycles. The molecule has 2 amide bonds. The van der Waals surface area contributed by atoms with E-state index in [1.165, 1.54) is 10.9 Å². The Morgan fingerprint density at radius 2 is 1.74 bits per heavy atom. The number of fused-ring (bicyclic) bond motifs is 2. The van der Waals surface area contributed by atoms with E-state index in [2.05, 4.69) is 4.98 Å². The largest absolute Gasteiger partial charge is 0.388 e. The number of aliphatic hydroxyl groups is 1. The normalized spacial score (nSPS) is 16.3. The van der Waals surface area contributed by atoms with Crippen LogP contribution >= 0.6 is 11.6 Å². The highest BCUT2D eigenvalue weighted by Gasteiger charge is 2.34. The highest BCUT2D eigenvalue weighted by atomic mass is 35.5. The lowest BCUT2D eigenvalue weighted by Crippen LogP contribution is -2.49. The van der Waals surface area contributed by atoms with Crippen molar-refractivity contribution in [2.24, 2.45) is 0 Å². The summed E-state index contributed by atoms with van der Waals surface area (Å²) in [6.45, 7) is 3.62. The molecule has 43 heavy (non-hydrogen) atoms. The number of aromatic nitrogens is 2. The number of nitrogens with zero attached hydrogens (tertiary/aromatic N) is 4. The minimum Gasteiger partial charge on any atom is -0.388 e. The lowest BCUT2D eigenvalue weighted by Gasteiger charge is -2.38. The third kappa shape index (κ3) is 7.16. The second-order valence-corrected chi connectivity index (χ2v) is 12.2. The third-order valence-corrected chi connectivity index (χ3v) is 8.95. The monoisotopic (exact) mass is 606 g/mol. The van der Waals surface area contributed by atoms with Gasteiger partial charge < -0.3 is 14.9 Å². The number of halogens is 1. The van der Waals surface area contributed by atoms with Crippen molar-refractivity contribution in [1.82, 2.24) is 14.5 Å². The zero-order valence-corrected chi connectivity index (χ0v) is 25.4. The number of hydrogen-bond acceptors (Lipinski definition) is 6. The first-order chi connectivity index (χ1) is 20.7. The fraction of sp³-hybridized carbons (Fsp3) is 0.485. The predicted molar refractivity (Wildman–Crippen MR) is 167 cm³/mol. The van der Waals surface area contributed by atoms with Crippen molar-refractivity contribution in [3.05, 3.63) is 69.8 Å². The molecule has 3 aromatic rings. The molecule has 0 saturated carbocycles. The van der Waals surface area contributed by atoms with Gasteiger partial charge in [0.25, 0.3) is 5.56 Å². The average Bonchev–Trinajstić information content (AvgIpc) is 3.01. The van der Waals surface area contributed by atoms with E-state index in [9.17, 15) is 24.3 Å². The molecule has 0 radical (unpaired) electrons. The fourth-order valence-electron chi connectivity index (χ4n) is 6.17. The van der Waals surface area contributed by atoms with Crippen LogP contribution in [-0.4, -0.2) is 68.3 Å². The smallest absolute Gasteiger partial charge is 0.261 e. The first kappa shape index (κ1) is 30.9. The minimum absolute atomic E-state index is 0.0546. The van der Waals surface area contributed by atoms with Gasteiger partial charge in [-0.25, -0.2) is 4.98 Å². The Balaban J connectivity index is 1.04. The van der Waals surface area contributed by atoms with E-state index >= 15 is 0 Å². The van der Waals surface area contributed by atoms with Crippen LogP contribution in [0.25, 0.3) is 10.9 Å². The van der Waals surface area contributed by atoms with E-state index in [-0.39, 0.29) is 35.6 Å². The van der Waals surface area contributed by atoms with Gasteiger partial charge in [-0.3, -0.25) is 23.7 Å². The summed E-state index contributed by atoms with van der Waals surface area (Å²) in [5.74, 6) is -0.0588. The standard InChI is InChI=1S/C33H39ClN4O5/c1-23-9-11-26-27(18-23)35-22-37(32(26)42)21-33(43)13-16-36(17-14-33)30(40)8-4-2-3-7-29(39)25-10-12-28-24(19-25)6-5-15-38(28)31(41)20-34/h9-12,18-19,22,43H,2-8,13-17,20-21H2,1H3. The number of Topliss-reactive ketones (excluding diaryl/α,β-unsaturated/α-hetero) is 1. The zero-order valence-electron chi connectivity index (χ0n) is 24.7. The van der Waals surface area contributed by atoms with Crippen LogP contribution in [-0.2, 0) is 22.6 Å². The van der Waals surface area contributed by atoms with Crippen molar-refractivity contribution in [2.75, 3.05) is 30.4 Å². The number of piperidine rings is 1. The van der Waals surface area contributed by atoms with Crippen molar-refractivity contribution in [1.29, 1.82) is 0 Å². The van der Waals surface area contributed by atoms with Crippen molar-refractivity contribution in [3.63, 3.8) is 0 Å². The van der Waals surface area contributed by atoms with Gasteiger partial charge in [-0.1, -0.05) is 12.5 Å². The number of amides is 2. The summed E-state index contributed by atoms with van der Waals surface area (Å²) in [6, 6.07) is 11.1. The summed E-state index contributed by atoms with van der Waals surface area (Å²) >= 11 is 5.75. The number of hydrogen-bond donors (Lipinski definition) is 1. The number of ketones is 1. The van der Waals surface area contributed by atoms with Crippen LogP contribution in [0, 0.1) is 6.92 Å². The van der Waals surface area contributed by atoms with Gasteiger partial charge in [-0.15, -0.1) is 11.6 Å². The molecule has 2 aliphatic heterocycles. The number of rotatable bonds is 10. The van der Waals surface area contributed by atoms with Crippen LogP contribution in [0.1, 0.15) is 72.9 Å². The molecule has 0 unspecified atom stereocenters. The van der Waals surface area contributed by atoms with Gasteiger partial charge in [0.1, 0.15) is 5.88 Å². The molecular weight excluding hydrogens is 568 g/mol. The van der Waals surface area contributed by atoms with Gasteiger partial charge >= 0.3 is 0 Å². The van der Waals surface area contributed by atoms with E-state index in [1.807, 2.05) is 31.2 Å². The van der Waals surface area contributed by atoms with Crippen molar-refractivity contribution in [3.8, 4) is 0 Å². The fourth-order valence-corrected chi connectivity index (χ4v) is 6.32. The molecule has 1 fully saturated rings. The predicted octanol–water partition coefficient (Wildman–Crippen LogP) is 4.41. The molecule has 3 heterocycles. The van der Waals surface area contributed by atoms with Crippen molar-refractivity contribution >= 4 is 45.8 Å². The summed E-state index contributed by atoms with van der Waals surface area (Å²) in [4.78, 5) is 58.6. The number of benzene rings is 2. The SMILES string of the molecule is Cc1ccc2c(=O)n(CC3(O)CCN(C(=O)CCCCCC(=O)c4ccc5c(c4)CCCN5C(=O)CCl)CC3)cnc2c1. The Kier molecular flexibility index (Phi) is 9.62. The van der Waals surface area contributed by atoms with Crippen LogP contribution in [0.3, 0.4) is 0 Å². The molecule has 2 aromatic carbocycles. The van der Waals surface area contributed by atoms with Crippen molar-refractivity contribution < 1.29 is 19.5 Å². The van der Waals surface area contributed by atoms with E-state index in [4.69, 9.17) is 11.6 Å². The molecule has 0 spiro atoms. The Morgan fingerprint density at radius 1 is 0.977 bits per heavy atom. The highest BCUT2D eigenvalue weighted by molar-refractivity contribution is 6.29. The first-order valence-corrected chi connectivity index (χ1v) is 15.7. The summed E-state index contributed by atoms with van der Waals surface area (Å²) in [5.41, 5.74) is 2.94. The topological polar surface area (TPSA) is 113 Å². The van der Waals surface area contributed by atoms with Gasteiger partial charge in [-0.2, -0.15) is 0 Å². The molecule has 0 aliphatic carbocycles. The molecular formula is C33H39ClN4O5. The number of carbonyl (C=O) groups is 3. The van der Waals surface area contributed by atoms with Gasteiger partial charge in [0, 0.05) is 43.7 Å². The Hall–Kier alpha value is -3.56. The van der Waals surface area contributed by atoms with Crippen LogP contribution in [0.5, 0.6) is 0 Å². The van der Waals surface area contributed by atoms with E-state index < -0.39 is 5.60 Å². The lowest BCUT2D eigenvalue weighted by molar-refractivity contribution is -0.136. The summed E-state index contributed by atoms with van der Waals surface area (Å²) in [6.07, 6.45) is 6.95. The van der Waals surface area contributed by atoms with E-state index in [0.717, 1.165) is 36.1 Å². The summed E-state index contributed by atoms with van der Waals surface area (Å²) in [5, 5.41) is 11.7. The molecule has 0 atom stereocenters. The minimum atomic E-state index is -1.07. The Labute approximate surface area is 256 Å². The summed E-state index contributed by atoms with van der Waals surface area (Å²) < 4.78 is 1.47. The molecule has 1 aromatic heterocycles. The molecule has 2 aliphatic rings. The first-order valence-electron chi connectivity index (χ1n) is 15.2. The molecule has 228 valence electrons. The van der Waals surface area contributed by atoms with Crippen LogP contribution in [0.4, 0.5) is 5.69 Å². The lowest BCUT2D eigenvalue weighted by atomic mass is 9.91. The van der Waals surface area contributed by atoms with E-state index in [1.54, 1.807) is 21.9 Å². The van der Waals surface area contributed by atoms with Gasteiger partial charge in [0.05, 0.1) is 29.4 Å². The molecule has 10 heteroatoms. The summed E-state index contributed by atoms with van der Waals surface area (Å²) in [7, 11) is 0. The van der Waals surface area contributed by atoms with Crippen LogP contribution in [0.15, 0.2) is 47.5 Å². The zero-order chi connectivity index (χ0) is 30.6. The number of alkyl halides is 1. The second kappa shape index (κ2) is 13.4. The number of unbranched alkanes of at least 4 members (excludes halogenated alkanes) is 2.